The number of hydrogen-bond acceptors (Lipinski definition) is 3. The van der Waals surface area contributed by atoms with Crippen LogP contribution in [0.1, 0.15) is 17.5 Å². The lowest BCUT2D eigenvalue weighted by Crippen LogP contribution is -2.42. The number of nitriles is 1. The van der Waals surface area contributed by atoms with E-state index in [1.54, 1.807) is 24.3 Å². The molecule has 156 valence electrons. The molecule has 0 saturated carbocycles. The van der Waals surface area contributed by atoms with Gasteiger partial charge < -0.3 is 9.80 Å². The smallest absolute Gasteiger partial charge is 0.329 e. The second kappa shape index (κ2) is 8.76. The highest BCUT2D eigenvalue weighted by molar-refractivity contribution is 6.31. The highest BCUT2D eigenvalue weighted by Gasteiger charge is 2.40. The summed E-state index contributed by atoms with van der Waals surface area (Å²) in [4.78, 5) is 27.4. The third-order valence-electron chi connectivity index (χ3n) is 4.73. The van der Waals surface area contributed by atoms with Crippen LogP contribution in [0.5, 0.6) is 0 Å². The molecule has 9 heteroatoms. The van der Waals surface area contributed by atoms with E-state index in [-0.39, 0.29) is 25.4 Å². The minimum absolute atomic E-state index is 0.0142. The number of amides is 2. The van der Waals surface area contributed by atoms with Crippen LogP contribution >= 0.6 is 11.6 Å². The molecular weight excluding hydrogens is 419 g/mol. The van der Waals surface area contributed by atoms with Crippen LogP contribution in [0.15, 0.2) is 48.5 Å². The summed E-state index contributed by atoms with van der Waals surface area (Å²) >= 11 is 5.95. The highest BCUT2D eigenvalue weighted by atomic mass is 35.5. The quantitative estimate of drug-likeness (QED) is 0.708. The Labute approximate surface area is 176 Å². The van der Waals surface area contributed by atoms with Crippen LogP contribution in [0.2, 0.25) is 5.02 Å². The Morgan fingerprint density at radius 3 is 2.53 bits per heavy atom. The van der Waals surface area contributed by atoms with Gasteiger partial charge in [-0.15, -0.1) is 0 Å². The van der Waals surface area contributed by atoms with Gasteiger partial charge in [-0.3, -0.25) is 9.59 Å². The van der Waals surface area contributed by atoms with Gasteiger partial charge in [-0.2, -0.15) is 18.4 Å². The number of hydrogen-bond donors (Lipinski definition) is 0. The molecule has 3 rings (SSSR count). The van der Waals surface area contributed by atoms with Crippen LogP contribution in [0.3, 0.4) is 0 Å². The van der Waals surface area contributed by atoms with Gasteiger partial charge in [-0.25, -0.2) is 0 Å². The third kappa shape index (κ3) is 5.30. The second-order valence-electron chi connectivity index (χ2n) is 7.00. The van der Waals surface area contributed by atoms with Crippen LogP contribution < -0.4 is 4.90 Å². The maximum absolute atomic E-state index is 13.1. The number of carbonyl (C=O) groups excluding carboxylic acids is 2. The Hall–Kier alpha value is -3.05. The first kappa shape index (κ1) is 21.7. The van der Waals surface area contributed by atoms with Gasteiger partial charge in [0.2, 0.25) is 11.8 Å². The van der Waals surface area contributed by atoms with Crippen LogP contribution in [0, 0.1) is 17.2 Å². The normalized spacial score (nSPS) is 16.4. The molecule has 0 bridgehead atoms. The summed E-state index contributed by atoms with van der Waals surface area (Å²) in [5, 5.41) is 9.26. The van der Waals surface area contributed by atoms with Crippen LogP contribution in [0.4, 0.5) is 18.9 Å². The second-order valence-corrected chi connectivity index (χ2v) is 7.44. The molecule has 0 spiro atoms. The lowest BCUT2D eigenvalue weighted by Gasteiger charge is -2.27. The van der Waals surface area contributed by atoms with Gasteiger partial charge in [0.15, 0.2) is 0 Å². The van der Waals surface area contributed by atoms with Crippen molar-refractivity contribution < 1.29 is 22.8 Å². The minimum Gasteiger partial charge on any atom is -0.329 e. The summed E-state index contributed by atoms with van der Waals surface area (Å²) in [5.41, 5.74) is 1.32. The number of rotatable bonds is 5. The van der Waals surface area contributed by atoms with Crippen molar-refractivity contribution in [2.24, 2.45) is 5.92 Å². The van der Waals surface area contributed by atoms with Crippen LogP contribution in [0.25, 0.3) is 0 Å². The molecule has 1 heterocycles. The zero-order valence-electron chi connectivity index (χ0n) is 15.7. The van der Waals surface area contributed by atoms with E-state index < -0.39 is 24.5 Å². The van der Waals surface area contributed by atoms with Crippen molar-refractivity contribution in [3.8, 4) is 6.07 Å². The summed E-state index contributed by atoms with van der Waals surface area (Å²) < 4.78 is 39.3. The van der Waals surface area contributed by atoms with E-state index in [2.05, 4.69) is 0 Å². The Kier molecular flexibility index (Phi) is 6.32. The highest BCUT2D eigenvalue weighted by Crippen LogP contribution is 2.29. The standard InChI is InChI=1S/C21H17ClF3N3O2/c22-17-2-1-3-18(9-17)28-12-16(8-19(28)29)20(30)27(13-21(23,24)25)11-15-6-4-14(10-26)5-7-15/h1-7,9,16H,8,11-13H2. The number of halogens is 4. The number of anilines is 1. The summed E-state index contributed by atoms with van der Waals surface area (Å²) in [7, 11) is 0. The molecule has 1 fully saturated rings. The fourth-order valence-corrected chi connectivity index (χ4v) is 3.54. The van der Waals surface area contributed by atoms with Gasteiger partial charge in [0.25, 0.3) is 0 Å². The van der Waals surface area contributed by atoms with Gasteiger partial charge in [-0.05, 0) is 35.9 Å². The molecule has 1 aliphatic heterocycles. The molecule has 1 unspecified atom stereocenters. The molecule has 2 amide bonds. The van der Waals surface area contributed by atoms with Crippen LogP contribution in [-0.4, -0.2) is 36.0 Å². The molecule has 1 saturated heterocycles. The number of benzene rings is 2. The van der Waals surface area contributed by atoms with Gasteiger partial charge in [-0.1, -0.05) is 29.8 Å². The van der Waals surface area contributed by atoms with Crippen LogP contribution in [-0.2, 0) is 16.1 Å². The van der Waals surface area contributed by atoms with Gasteiger partial charge >= 0.3 is 6.18 Å². The van der Waals surface area contributed by atoms with Crippen molar-refractivity contribution in [1.29, 1.82) is 5.26 Å². The largest absolute Gasteiger partial charge is 0.406 e. The molecule has 2 aromatic carbocycles. The topological polar surface area (TPSA) is 64.4 Å². The SMILES string of the molecule is N#Cc1ccc(CN(CC(F)(F)F)C(=O)C2CC(=O)N(c3cccc(Cl)c3)C2)cc1. The van der Waals surface area contributed by atoms with E-state index in [1.807, 2.05) is 6.07 Å². The van der Waals surface area contributed by atoms with E-state index in [1.165, 1.54) is 29.2 Å². The third-order valence-corrected chi connectivity index (χ3v) is 4.97. The fourth-order valence-electron chi connectivity index (χ4n) is 3.36. The van der Waals surface area contributed by atoms with Crippen molar-refractivity contribution in [3.05, 3.63) is 64.7 Å². The van der Waals surface area contributed by atoms with Gasteiger partial charge in [0.05, 0.1) is 17.6 Å². The minimum atomic E-state index is -4.59. The van der Waals surface area contributed by atoms with E-state index >= 15 is 0 Å². The average molecular weight is 436 g/mol. The van der Waals surface area contributed by atoms with E-state index in [0.29, 0.717) is 26.7 Å². The predicted molar refractivity (Wildman–Crippen MR) is 105 cm³/mol. The van der Waals surface area contributed by atoms with E-state index in [9.17, 15) is 22.8 Å². The Morgan fingerprint density at radius 1 is 1.23 bits per heavy atom. The lowest BCUT2D eigenvalue weighted by molar-refractivity contribution is -0.164. The predicted octanol–water partition coefficient (Wildman–Crippen LogP) is 4.16. The van der Waals surface area contributed by atoms with E-state index in [4.69, 9.17) is 16.9 Å². The molecule has 1 aliphatic rings. The zero-order valence-corrected chi connectivity index (χ0v) is 16.5. The first-order valence-electron chi connectivity index (χ1n) is 9.07. The molecule has 30 heavy (non-hydrogen) atoms. The fraction of sp³-hybridized carbons (Fsp3) is 0.286. The van der Waals surface area contributed by atoms with Gasteiger partial charge in [0, 0.05) is 30.2 Å². The summed E-state index contributed by atoms with van der Waals surface area (Å²) in [5.74, 6) is -1.98. The molecule has 2 aromatic rings. The van der Waals surface area contributed by atoms with Gasteiger partial charge in [0.1, 0.15) is 6.54 Å². The first-order chi connectivity index (χ1) is 14.2. The Morgan fingerprint density at radius 2 is 1.93 bits per heavy atom. The molecule has 0 N–H and O–H groups in total. The number of nitrogens with zero attached hydrogens (tertiary/aromatic N) is 3. The maximum Gasteiger partial charge on any atom is 0.406 e. The summed E-state index contributed by atoms with van der Waals surface area (Å²) in [6.07, 6.45) is -4.76. The first-order valence-corrected chi connectivity index (χ1v) is 9.44. The average Bonchev–Trinajstić information content (AvgIpc) is 3.08. The molecule has 0 aliphatic carbocycles. The lowest BCUT2D eigenvalue weighted by atomic mass is 10.1. The number of alkyl halides is 3. The molecule has 1 atom stereocenters. The van der Waals surface area contributed by atoms with Crippen molar-refractivity contribution in [2.75, 3.05) is 18.0 Å². The van der Waals surface area contributed by atoms with Crippen molar-refractivity contribution >= 4 is 29.1 Å². The van der Waals surface area contributed by atoms with E-state index in [0.717, 1.165) is 0 Å². The Balaban J connectivity index is 1.78. The molecule has 0 radical (unpaired) electrons. The zero-order chi connectivity index (χ0) is 21.9. The number of carbonyl (C=O) groups is 2. The maximum atomic E-state index is 13.1. The summed E-state index contributed by atoms with van der Waals surface area (Å²) in [6.45, 7) is -1.71. The molecule has 0 aromatic heterocycles. The monoisotopic (exact) mass is 435 g/mol. The van der Waals surface area contributed by atoms with Crippen molar-refractivity contribution in [1.82, 2.24) is 4.90 Å². The molecular formula is C21H17ClF3N3O2. The molecule has 5 nitrogen and oxygen atoms in total. The van der Waals surface area contributed by atoms with Crippen molar-refractivity contribution in [2.45, 2.75) is 19.1 Å². The van der Waals surface area contributed by atoms with Crippen molar-refractivity contribution in [3.63, 3.8) is 0 Å². The Bertz CT molecular complexity index is 986. The summed E-state index contributed by atoms with van der Waals surface area (Å²) in [6, 6.07) is 14.4.